The maximum atomic E-state index is 11.3. The minimum absolute atomic E-state index is 0.0254. The van der Waals surface area contributed by atoms with Gasteiger partial charge in [0.1, 0.15) is 0 Å². The number of benzene rings is 2. The molecule has 0 aliphatic carbocycles. The Morgan fingerprint density at radius 2 is 1.96 bits per heavy atom. The minimum atomic E-state index is 0.0254. The summed E-state index contributed by atoms with van der Waals surface area (Å²) in [4.78, 5) is 19.9. The Hall–Kier alpha value is -2.90. The Kier molecular flexibility index (Phi) is 3.96. The van der Waals surface area contributed by atoms with Crippen LogP contribution in [0.15, 0.2) is 42.6 Å². The number of halogens is 1. The van der Waals surface area contributed by atoms with Gasteiger partial charge in [-0.1, -0.05) is 17.5 Å². The number of Topliss-reactive ketones (excluding diaryl/α,β-unsaturated/α-hetero) is 1. The van der Waals surface area contributed by atoms with Gasteiger partial charge in [-0.2, -0.15) is 0 Å². The van der Waals surface area contributed by atoms with Crippen molar-refractivity contribution in [3.8, 4) is 12.3 Å². The summed E-state index contributed by atoms with van der Waals surface area (Å²) in [5.74, 6) is 2.99. The number of nitrogens with one attached hydrogen (secondary N) is 1. The molecule has 1 heterocycles. The number of rotatable bonds is 3. The second-order valence-electron chi connectivity index (χ2n) is 4.96. The molecule has 0 aliphatic rings. The molecule has 0 atom stereocenters. The lowest BCUT2D eigenvalue weighted by Gasteiger charge is -2.07. The fourth-order valence-electron chi connectivity index (χ4n) is 2.16. The lowest BCUT2D eigenvalue weighted by molar-refractivity contribution is 0.101. The molecule has 5 heteroatoms. The molecule has 0 bridgehead atoms. The van der Waals surface area contributed by atoms with Gasteiger partial charge in [0.2, 0.25) is 5.95 Å². The van der Waals surface area contributed by atoms with E-state index in [0.29, 0.717) is 33.0 Å². The molecule has 112 valence electrons. The first-order valence-corrected chi connectivity index (χ1v) is 7.26. The van der Waals surface area contributed by atoms with Crippen molar-refractivity contribution in [2.24, 2.45) is 0 Å². The predicted molar refractivity (Wildman–Crippen MR) is 92.2 cm³/mol. The number of carbonyl (C=O) groups excluding carboxylic acids is 1. The molecule has 2 aromatic carbocycles. The highest BCUT2D eigenvalue weighted by molar-refractivity contribution is 6.36. The molecule has 0 aliphatic heterocycles. The van der Waals surface area contributed by atoms with Gasteiger partial charge in [-0.3, -0.25) is 4.79 Å². The first-order chi connectivity index (χ1) is 11.1. The Labute approximate surface area is 138 Å². The third-order valence-electron chi connectivity index (χ3n) is 3.40. The number of nitrogens with zero attached hydrogens (tertiary/aromatic N) is 2. The largest absolute Gasteiger partial charge is 0.324 e. The summed E-state index contributed by atoms with van der Waals surface area (Å²) in [6, 6.07) is 10.7. The van der Waals surface area contributed by atoms with Gasteiger partial charge in [0, 0.05) is 28.4 Å². The second kappa shape index (κ2) is 6.07. The number of hydrogen-bond donors (Lipinski definition) is 1. The van der Waals surface area contributed by atoms with Crippen molar-refractivity contribution in [1.29, 1.82) is 0 Å². The van der Waals surface area contributed by atoms with E-state index in [4.69, 9.17) is 18.0 Å². The summed E-state index contributed by atoms with van der Waals surface area (Å²) in [6.45, 7) is 1.53. The topological polar surface area (TPSA) is 54.9 Å². The van der Waals surface area contributed by atoms with Crippen molar-refractivity contribution >= 4 is 39.9 Å². The molecule has 0 spiro atoms. The standard InChI is InChI=1S/C18H12ClN3O/c1-3-12-6-9-16-15(17(12)19)10-20-18(22-16)21-14-7-4-13(5-8-14)11(2)23/h1,4-10H,2H3,(H,20,21,22). The number of anilines is 2. The molecule has 0 saturated carbocycles. The molecule has 23 heavy (non-hydrogen) atoms. The average molecular weight is 322 g/mol. The van der Waals surface area contributed by atoms with Crippen LogP contribution in [0.2, 0.25) is 5.02 Å². The van der Waals surface area contributed by atoms with E-state index in [1.165, 1.54) is 6.92 Å². The van der Waals surface area contributed by atoms with E-state index in [0.717, 1.165) is 5.69 Å². The van der Waals surface area contributed by atoms with Gasteiger partial charge < -0.3 is 5.32 Å². The first kappa shape index (κ1) is 15.0. The van der Waals surface area contributed by atoms with E-state index >= 15 is 0 Å². The second-order valence-corrected chi connectivity index (χ2v) is 5.33. The van der Waals surface area contributed by atoms with Crippen LogP contribution in [0.3, 0.4) is 0 Å². The van der Waals surface area contributed by atoms with Crippen LogP contribution in [0.25, 0.3) is 10.9 Å². The fourth-order valence-corrected chi connectivity index (χ4v) is 2.42. The van der Waals surface area contributed by atoms with Gasteiger partial charge in [-0.15, -0.1) is 6.42 Å². The molecular formula is C18H12ClN3O. The number of terminal acetylenes is 1. The third-order valence-corrected chi connectivity index (χ3v) is 3.81. The Bertz CT molecular complexity index is 943. The van der Waals surface area contributed by atoms with E-state index in [1.54, 1.807) is 36.5 Å². The lowest BCUT2D eigenvalue weighted by atomic mass is 10.1. The zero-order chi connectivity index (χ0) is 16.4. The quantitative estimate of drug-likeness (QED) is 0.580. The zero-order valence-corrected chi connectivity index (χ0v) is 13.1. The van der Waals surface area contributed by atoms with Crippen molar-refractivity contribution < 1.29 is 4.79 Å². The smallest absolute Gasteiger partial charge is 0.227 e. The van der Waals surface area contributed by atoms with Gasteiger partial charge in [-0.25, -0.2) is 9.97 Å². The number of ketones is 1. The maximum absolute atomic E-state index is 11.3. The molecule has 4 nitrogen and oxygen atoms in total. The van der Waals surface area contributed by atoms with Crippen LogP contribution in [0.1, 0.15) is 22.8 Å². The van der Waals surface area contributed by atoms with Crippen LogP contribution in [-0.4, -0.2) is 15.8 Å². The van der Waals surface area contributed by atoms with Crippen molar-refractivity contribution in [2.75, 3.05) is 5.32 Å². The fraction of sp³-hybridized carbons (Fsp3) is 0.0556. The molecule has 1 aromatic heterocycles. The van der Waals surface area contributed by atoms with Crippen molar-refractivity contribution in [3.05, 3.63) is 58.7 Å². The van der Waals surface area contributed by atoms with Gasteiger partial charge in [0.25, 0.3) is 0 Å². The molecule has 1 N–H and O–H groups in total. The van der Waals surface area contributed by atoms with Crippen LogP contribution >= 0.6 is 11.6 Å². The van der Waals surface area contributed by atoms with Gasteiger partial charge in [-0.05, 0) is 43.3 Å². The number of aromatic nitrogens is 2. The average Bonchev–Trinajstić information content (AvgIpc) is 2.56. The Morgan fingerprint density at radius 3 is 2.61 bits per heavy atom. The van der Waals surface area contributed by atoms with Crippen LogP contribution in [0.5, 0.6) is 0 Å². The molecule has 0 radical (unpaired) electrons. The summed E-state index contributed by atoms with van der Waals surface area (Å²) in [6.07, 6.45) is 7.03. The van der Waals surface area contributed by atoms with Crippen LogP contribution in [0, 0.1) is 12.3 Å². The maximum Gasteiger partial charge on any atom is 0.227 e. The van der Waals surface area contributed by atoms with Gasteiger partial charge in [0.05, 0.1) is 10.5 Å². The number of fused-ring (bicyclic) bond motifs is 1. The molecule has 0 amide bonds. The molecule has 0 fully saturated rings. The van der Waals surface area contributed by atoms with Gasteiger partial charge >= 0.3 is 0 Å². The monoisotopic (exact) mass is 321 g/mol. The summed E-state index contributed by atoms with van der Waals surface area (Å²) >= 11 is 6.23. The SMILES string of the molecule is C#Cc1ccc2nc(Nc3ccc(C(C)=O)cc3)ncc2c1Cl. The number of hydrogen-bond acceptors (Lipinski definition) is 4. The van der Waals surface area contributed by atoms with E-state index in [-0.39, 0.29) is 5.78 Å². The summed E-state index contributed by atoms with van der Waals surface area (Å²) in [7, 11) is 0. The minimum Gasteiger partial charge on any atom is -0.324 e. The van der Waals surface area contributed by atoms with E-state index in [1.807, 2.05) is 6.07 Å². The molecule has 3 rings (SSSR count). The van der Waals surface area contributed by atoms with Crippen LogP contribution in [-0.2, 0) is 0 Å². The molecule has 0 unspecified atom stereocenters. The van der Waals surface area contributed by atoms with Crippen LogP contribution in [0.4, 0.5) is 11.6 Å². The highest BCUT2D eigenvalue weighted by Crippen LogP contribution is 2.26. The molecular weight excluding hydrogens is 310 g/mol. The van der Waals surface area contributed by atoms with Gasteiger partial charge in [0.15, 0.2) is 5.78 Å². The van der Waals surface area contributed by atoms with E-state index in [9.17, 15) is 4.79 Å². The number of carbonyl (C=O) groups is 1. The van der Waals surface area contributed by atoms with E-state index < -0.39 is 0 Å². The molecule has 0 saturated heterocycles. The van der Waals surface area contributed by atoms with Crippen molar-refractivity contribution in [1.82, 2.24) is 9.97 Å². The Morgan fingerprint density at radius 1 is 1.22 bits per heavy atom. The van der Waals surface area contributed by atoms with Crippen molar-refractivity contribution in [3.63, 3.8) is 0 Å². The lowest BCUT2D eigenvalue weighted by Crippen LogP contribution is -1.98. The zero-order valence-electron chi connectivity index (χ0n) is 12.3. The highest BCUT2D eigenvalue weighted by Gasteiger charge is 2.07. The summed E-state index contributed by atoms with van der Waals surface area (Å²) < 4.78 is 0. The predicted octanol–water partition coefficient (Wildman–Crippen LogP) is 4.21. The summed E-state index contributed by atoms with van der Waals surface area (Å²) in [5, 5.41) is 4.28. The Balaban J connectivity index is 1.92. The first-order valence-electron chi connectivity index (χ1n) is 6.88. The highest BCUT2D eigenvalue weighted by atomic mass is 35.5. The van der Waals surface area contributed by atoms with Crippen molar-refractivity contribution in [2.45, 2.75) is 6.92 Å². The summed E-state index contributed by atoms with van der Waals surface area (Å²) in [5.41, 5.74) is 2.76. The van der Waals surface area contributed by atoms with Crippen LogP contribution < -0.4 is 5.32 Å². The van der Waals surface area contributed by atoms with E-state index in [2.05, 4.69) is 21.2 Å². The normalized spacial score (nSPS) is 10.3. The molecule has 3 aromatic rings. The third kappa shape index (κ3) is 3.01.